The smallest absolute Gasteiger partial charge is 0.337 e. The van der Waals surface area contributed by atoms with E-state index in [9.17, 15) is 4.79 Å². The van der Waals surface area contributed by atoms with Crippen LogP contribution in [0.4, 0.5) is 5.69 Å². The number of nitrogens with one attached hydrogen (secondary N) is 1. The zero-order valence-corrected chi connectivity index (χ0v) is 15.8. The van der Waals surface area contributed by atoms with Gasteiger partial charge in [-0.1, -0.05) is 43.0 Å². The van der Waals surface area contributed by atoms with Crippen LogP contribution in [0, 0.1) is 5.92 Å². The second-order valence-electron chi connectivity index (χ2n) is 7.38. The number of benzene rings is 2. The fourth-order valence-corrected chi connectivity index (χ4v) is 4.82. The lowest BCUT2D eigenvalue weighted by molar-refractivity contribution is 0.0600. The van der Waals surface area contributed by atoms with Crippen LogP contribution in [-0.2, 0) is 4.74 Å². The first-order valence-corrected chi connectivity index (χ1v) is 9.79. The fraction of sp³-hybridized carbons (Fsp3) is 0.409. The third kappa shape index (κ3) is 3.21. The van der Waals surface area contributed by atoms with E-state index in [1.807, 2.05) is 18.2 Å². The molecule has 4 rings (SSSR count). The molecular formula is C22H24ClNO2. The van der Waals surface area contributed by atoms with Crippen molar-refractivity contribution in [1.82, 2.24) is 0 Å². The number of esters is 1. The van der Waals surface area contributed by atoms with Gasteiger partial charge in [-0.05, 0) is 66.1 Å². The number of fused-ring (bicyclic) bond motifs is 3. The van der Waals surface area contributed by atoms with Gasteiger partial charge in [0.05, 0.1) is 18.7 Å². The van der Waals surface area contributed by atoms with Crippen molar-refractivity contribution in [3.8, 4) is 0 Å². The summed E-state index contributed by atoms with van der Waals surface area (Å²) in [4.78, 5) is 11.7. The molecule has 2 aliphatic rings. The molecule has 3 nitrogen and oxygen atoms in total. The van der Waals surface area contributed by atoms with Crippen molar-refractivity contribution in [2.75, 3.05) is 12.4 Å². The Morgan fingerprint density at radius 1 is 1.08 bits per heavy atom. The van der Waals surface area contributed by atoms with Gasteiger partial charge < -0.3 is 10.1 Å². The number of ether oxygens (including phenoxy) is 1. The van der Waals surface area contributed by atoms with Crippen LogP contribution in [0.2, 0.25) is 5.02 Å². The maximum atomic E-state index is 11.7. The Balaban J connectivity index is 1.71. The Labute approximate surface area is 159 Å². The third-order valence-electron chi connectivity index (χ3n) is 5.91. The number of carbonyl (C=O) groups is 1. The van der Waals surface area contributed by atoms with E-state index in [-0.39, 0.29) is 12.0 Å². The standard InChI is InChI=1S/C22H24ClNO2/c1-26-22(25)15-9-7-14(8-10-15)21-18-6-4-2-3-5-17(18)19-13-16(23)11-12-20(19)24-21/h7-13,17-18,21,24H,2-6H2,1H3/t17-,18+,21-/m1/s1. The van der Waals surface area contributed by atoms with Gasteiger partial charge in [-0.15, -0.1) is 0 Å². The van der Waals surface area contributed by atoms with Crippen molar-refractivity contribution in [3.05, 3.63) is 64.2 Å². The van der Waals surface area contributed by atoms with Gasteiger partial charge in [0.15, 0.2) is 0 Å². The van der Waals surface area contributed by atoms with Gasteiger partial charge in [-0.2, -0.15) is 0 Å². The van der Waals surface area contributed by atoms with Crippen molar-refractivity contribution in [2.45, 2.75) is 44.1 Å². The first-order valence-electron chi connectivity index (χ1n) is 9.41. The van der Waals surface area contributed by atoms with E-state index in [1.165, 1.54) is 56.0 Å². The van der Waals surface area contributed by atoms with Crippen molar-refractivity contribution < 1.29 is 9.53 Å². The zero-order valence-electron chi connectivity index (χ0n) is 15.0. The van der Waals surface area contributed by atoms with E-state index in [4.69, 9.17) is 16.3 Å². The molecule has 2 aromatic rings. The summed E-state index contributed by atoms with van der Waals surface area (Å²) in [6.45, 7) is 0. The Kier molecular flexibility index (Phi) is 4.90. The van der Waals surface area contributed by atoms with Crippen LogP contribution in [0.5, 0.6) is 0 Å². The average molecular weight is 370 g/mol. The highest BCUT2D eigenvalue weighted by Gasteiger charge is 2.37. The van der Waals surface area contributed by atoms with E-state index in [0.717, 1.165) is 5.02 Å². The molecule has 1 aliphatic heterocycles. The van der Waals surface area contributed by atoms with Gasteiger partial charge in [0, 0.05) is 10.7 Å². The number of anilines is 1. The molecule has 3 atom stereocenters. The van der Waals surface area contributed by atoms with Crippen LogP contribution >= 0.6 is 11.6 Å². The summed E-state index contributed by atoms with van der Waals surface area (Å²) >= 11 is 6.29. The third-order valence-corrected chi connectivity index (χ3v) is 6.15. The monoisotopic (exact) mass is 369 g/mol. The molecule has 0 radical (unpaired) electrons. The number of carbonyl (C=O) groups excluding carboxylic acids is 1. The molecule has 1 saturated carbocycles. The van der Waals surface area contributed by atoms with E-state index in [1.54, 1.807) is 0 Å². The number of rotatable bonds is 2. The van der Waals surface area contributed by atoms with E-state index in [2.05, 4.69) is 29.6 Å². The van der Waals surface area contributed by atoms with Gasteiger partial charge in [-0.3, -0.25) is 0 Å². The lowest BCUT2D eigenvalue weighted by Gasteiger charge is -2.40. The van der Waals surface area contributed by atoms with Crippen molar-refractivity contribution >= 4 is 23.3 Å². The minimum absolute atomic E-state index is 0.262. The molecule has 2 aromatic carbocycles. The lowest BCUT2D eigenvalue weighted by atomic mass is 9.73. The molecule has 0 amide bonds. The summed E-state index contributed by atoms with van der Waals surface area (Å²) in [7, 11) is 1.41. The maximum absolute atomic E-state index is 11.7. The highest BCUT2D eigenvalue weighted by molar-refractivity contribution is 6.30. The van der Waals surface area contributed by atoms with Crippen molar-refractivity contribution in [3.63, 3.8) is 0 Å². The molecule has 0 unspecified atom stereocenters. The number of hydrogen-bond donors (Lipinski definition) is 1. The quantitative estimate of drug-likeness (QED) is 0.664. The highest BCUT2D eigenvalue weighted by atomic mass is 35.5. The first kappa shape index (κ1) is 17.4. The largest absolute Gasteiger partial charge is 0.465 e. The second-order valence-corrected chi connectivity index (χ2v) is 7.81. The highest BCUT2D eigenvalue weighted by Crippen LogP contribution is 2.50. The zero-order chi connectivity index (χ0) is 18.1. The normalized spacial score (nSPS) is 24.6. The molecule has 0 bridgehead atoms. The predicted octanol–water partition coefficient (Wildman–Crippen LogP) is 5.96. The minimum Gasteiger partial charge on any atom is -0.465 e. The van der Waals surface area contributed by atoms with Gasteiger partial charge in [0.25, 0.3) is 0 Å². The summed E-state index contributed by atoms with van der Waals surface area (Å²) in [6.07, 6.45) is 6.29. The summed E-state index contributed by atoms with van der Waals surface area (Å²) in [5.41, 5.74) is 4.39. The molecule has 26 heavy (non-hydrogen) atoms. The Morgan fingerprint density at radius 2 is 1.85 bits per heavy atom. The second kappa shape index (κ2) is 7.32. The van der Waals surface area contributed by atoms with E-state index >= 15 is 0 Å². The molecule has 0 aromatic heterocycles. The summed E-state index contributed by atoms with van der Waals surface area (Å²) in [6, 6.07) is 14.3. The molecular weight excluding hydrogens is 346 g/mol. The van der Waals surface area contributed by atoms with Crippen LogP contribution in [0.1, 0.15) is 65.5 Å². The molecule has 4 heteroatoms. The predicted molar refractivity (Wildman–Crippen MR) is 105 cm³/mol. The van der Waals surface area contributed by atoms with Crippen LogP contribution in [0.3, 0.4) is 0 Å². The fourth-order valence-electron chi connectivity index (χ4n) is 4.64. The number of methoxy groups -OCH3 is 1. The maximum Gasteiger partial charge on any atom is 0.337 e. The van der Waals surface area contributed by atoms with Gasteiger partial charge in [0.1, 0.15) is 0 Å². The number of halogens is 1. The molecule has 1 heterocycles. The Morgan fingerprint density at radius 3 is 2.62 bits per heavy atom. The van der Waals surface area contributed by atoms with Crippen LogP contribution in [0.25, 0.3) is 0 Å². The minimum atomic E-state index is -0.291. The van der Waals surface area contributed by atoms with Gasteiger partial charge in [0.2, 0.25) is 0 Å². The number of hydrogen-bond acceptors (Lipinski definition) is 3. The van der Waals surface area contributed by atoms with Crippen LogP contribution in [0.15, 0.2) is 42.5 Å². The molecule has 1 N–H and O–H groups in total. The summed E-state index contributed by atoms with van der Waals surface area (Å²) in [5, 5.41) is 4.57. The van der Waals surface area contributed by atoms with Crippen molar-refractivity contribution in [1.29, 1.82) is 0 Å². The van der Waals surface area contributed by atoms with Crippen LogP contribution < -0.4 is 5.32 Å². The average Bonchev–Trinajstić information content (AvgIpc) is 2.93. The van der Waals surface area contributed by atoms with Gasteiger partial charge >= 0.3 is 5.97 Å². The summed E-state index contributed by atoms with van der Waals surface area (Å²) < 4.78 is 4.81. The van der Waals surface area contributed by atoms with E-state index < -0.39 is 0 Å². The SMILES string of the molecule is COC(=O)c1ccc([C@H]2Nc3ccc(Cl)cc3[C@@H]3CCCCC[C@H]23)cc1. The molecule has 1 fully saturated rings. The molecule has 0 spiro atoms. The molecule has 136 valence electrons. The van der Waals surface area contributed by atoms with Gasteiger partial charge in [-0.25, -0.2) is 4.79 Å². The Bertz CT molecular complexity index is 802. The van der Waals surface area contributed by atoms with Crippen molar-refractivity contribution in [2.24, 2.45) is 5.92 Å². The topological polar surface area (TPSA) is 38.3 Å². The summed E-state index contributed by atoms with van der Waals surface area (Å²) in [5.74, 6) is 0.797. The molecule has 0 saturated heterocycles. The van der Waals surface area contributed by atoms with E-state index in [0.29, 0.717) is 17.4 Å². The van der Waals surface area contributed by atoms with Crippen LogP contribution in [-0.4, -0.2) is 13.1 Å². The molecule has 1 aliphatic carbocycles. The lowest BCUT2D eigenvalue weighted by Crippen LogP contribution is -2.31. The first-order chi connectivity index (χ1) is 12.7. The Hall–Kier alpha value is -2.00.